The number of ketones is 1. The number of fused-ring (bicyclic) bond motifs is 1. The molecule has 1 aromatic rings. The number of Topliss-reactive ketones (excluding diaryl/α,β-unsaturated/α-hetero) is 1. The van der Waals surface area contributed by atoms with Gasteiger partial charge in [-0.15, -0.1) is 0 Å². The van der Waals surface area contributed by atoms with Gasteiger partial charge in [0.05, 0.1) is 0 Å². The molecule has 15 heavy (non-hydrogen) atoms. The highest BCUT2D eigenvalue weighted by Gasteiger charge is 2.54. The Hall–Kier alpha value is -0.150. The molecule has 1 nitrogen and oxygen atoms in total. The minimum absolute atomic E-state index is 0.360. The Bertz CT molecular complexity index is 386. The van der Waals surface area contributed by atoms with E-state index in [1.807, 2.05) is 10.8 Å². The van der Waals surface area contributed by atoms with E-state index in [-0.39, 0.29) is 0 Å². The summed E-state index contributed by atoms with van der Waals surface area (Å²) in [6.45, 7) is 0. The van der Waals surface area contributed by atoms with E-state index in [9.17, 15) is 4.79 Å². The Morgan fingerprint density at radius 2 is 1.93 bits per heavy atom. The summed E-state index contributed by atoms with van der Waals surface area (Å²) in [5, 5.41) is 3.98. The third-order valence-electron chi connectivity index (χ3n) is 3.84. The number of hydrogen-bond donors (Lipinski definition) is 0. The third-order valence-corrected chi connectivity index (χ3v) is 5.54. The van der Waals surface area contributed by atoms with Crippen LogP contribution in [0.4, 0.5) is 0 Å². The first-order chi connectivity index (χ1) is 7.29. The summed E-state index contributed by atoms with van der Waals surface area (Å²) in [7, 11) is 0. The number of hydrogen-bond acceptors (Lipinski definition) is 2. The zero-order valence-electron chi connectivity index (χ0n) is 8.41. The molecule has 3 rings (SSSR count). The SMILES string of the molecule is O=C(c1cscc1Br)C1C2CCCCC21. The zero-order valence-corrected chi connectivity index (χ0v) is 10.8. The van der Waals surface area contributed by atoms with Crippen molar-refractivity contribution < 1.29 is 4.79 Å². The number of rotatable bonds is 2. The predicted octanol–water partition coefficient (Wildman–Crippen LogP) is 4.13. The molecule has 0 spiro atoms. The summed E-state index contributed by atoms with van der Waals surface area (Å²) in [5.74, 6) is 2.19. The molecule has 0 radical (unpaired) electrons. The second-order valence-corrected chi connectivity index (χ2v) is 6.23. The van der Waals surface area contributed by atoms with Crippen LogP contribution in [0.25, 0.3) is 0 Å². The molecule has 2 aliphatic rings. The van der Waals surface area contributed by atoms with Crippen LogP contribution in [-0.2, 0) is 0 Å². The molecular weight excluding hydrogens is 272 g/mol. The Labute approximate surface area is 102 Å². The van der Waals surface area contributed by atoms with Crippen molar-refractivity contribution in [3.8, 4) is 0 Å². The number of thiophene rings is 1. The lowest BCUT2D eigenvalue weighted by atomic mass is 10.0. The maximum absolute atomic E-state index is 12.2. The van der Waals surface area contributed by atoms with Crippen LogP contribution in [0.3, 0.4) is 0 Å². The highest BCUT2D eigenvalue weighted by atomic mass is 79.9. The Kier molecular flexibility index (Phi) is 2.48. The van der Waals surface area contributed by atoms with Gasteiger partial charge in [0.15, 0.2) is 5.78 Å². The van der Waals surface area contributed by atoms with Gasteiger partial charge < -0.3 is 0 Å². The van der Waals surface area contributed by atoms with Gasteiger partial charge in [0, 0.05) is 26.7 Å². The molecule has 2 atom stereocenters. The summed E-state index contributed by atoms with van der Waals surface area (Å²) < 4.78 is 0.987. The normalized spacial score (nSPS) is 33.5. The van der Waals surface area contributed by atoms with E-state index in [1.165, 1.54) is 25.7 Å². The van der Waals surface area contributed by atoms with Crippen molar-refractivity contribution in [2.24, 2.45) is 17.8 Å². The quantitative estimate of drug-likeness (QED) is 0.747. The minimum atomic E-state index is 0.360. The number of carbonyl (C=O) groups is 1. The zero-order chi connectivity index (χ0) is 10.4. The summed E-state index contributed by atoms with van der Waals surface area (Å²) in [4.78, 5) is 12.2. The molecule has 0 N–H and O–H groups in total. The lowest BCUT2D eigenvalue weighted by Gasteiger charge is -2.04. The average Bonchev–Trinajstić information content (AvgIpc) is 2.83. The average molecular weight is 285 g/mol. The van der Waals surface area contributed by atoms with Crippen LogP contribution >= 0.6 is 27.3 Å². The summed E-state index contributed by atoms with van der Waals surface area (Å²) in [6, 6.07) is 0. The topological polar surface area (TPSA) is 17.1 Å². The molecular formula is C12H13BrOS. The molecule has 80 valence electrons. The monoisotopic (exact) mass is 284 g/mol. The smallest absolute Gasteiger partial charge is 0.168 e. The van der Waals surface area contributed by atoms with Gasteiger partial charge in [0.2, 0.25) is 0 Å². The standard InChI is InChI=1S/C12H13BrOS/c13-10-6-15-5-9(10)12(14)11-7-3-1-2-4-8(7)11/h5-8,11H,1-4H2. The molecule has 1 heterocycles. The molecule has 2 unspecified atom stereocenters. The van der Waals surface area contributed by atoms with E-state index in [0.29, 0.717) is 11.7 Å². The molecule has 2 saturated carbocycles. The fourth-order valence-corrected chi connectivity index (χ4v) is 4.50. The summed E-state index contributed by atoms with van der Waals surface area (Å²) >= 11 is 5.06. The minimum Gasteiger partial charge on any atom is -0.294 e. The predicted molar refractivity (Wildman–Crippen MR) is 65.3 cm³/mol. The van der Waals surface area contributed by atoms with Crippen molar-refractivity contribution in [2.75, 3.05) is 0 Å². The largest absolute Gasteiger partial charge is 0.294 e. The first kappa shape index (κ1) is 10.0. The van der Waals surface area contributed by atoms with Gasteiger partial charge in [-0.05, 0) is 40.6 Å². The van der Waals surface area contributed by atoms with Crippen LogP contribution in [0.1, 0.15) is 36.0 Å². The molecule has 2 fully saturated rings. The van der Waals surface area contributed by atoms with Gasteiger partial charge in [0.1, 0.15) is 0 Å². The molecule has 0 bridgehead atoms. The van der Waals surface area contributed by atoms with Crippen molar-refractivity contribution in [3.05, 3.63) is 20.8 Å². The second kappa shape index (κ2) is 3.70. The first-order valence-corrected chi connectivity index (χ1v) is 7.28. The van der Waals surface area contributed by atoms with Gasteiger partial charge in [0.25, 0.3) is 0 Å². The summed E-state index contributed by atoms with van der Waals surface area (Å²) in [5.41, 5.74) is 0.916. The third kappa shape index (κ3) is 1.60. The van der Waals surface area contributed by atoms with Crippen LogP contribution < -0.4 is 0 Å². The van der Waals surface area contributed by atoms with Crippen LogP contribution in [-0.4, -0.2) is 5.78 Å². The molecule has 2 aliphatic carbocycles. The molecule has 0 aromatic carbocycles. The van der Waals surface area contributed by atoms with E-state index in [2.05, 4.69) is 15.9 Å². The van der Waals surface area contributed by atoms with E-state index < -0.39 is 0 Å². The van der Waals surface area contributed by atoms with E-state index in [1.54, 1.807) is 11.3 Å². The Morgan fingerprint density at radius 1 is 1.27 bits per heavy atom. The van der Waals surface area contributed by atoms with Crippen molar-refractivity contribution in [3.63, 3.8) is 0 Å². The molecule has 0 amide bonds. The second-order valence-electron chi connectivity index (χ2n) is 4.64. The lowest BCUT2D eigenvalue weighted by molar-refractivity contribution is 0.0956. The fraction of sp³-hybridized carbons (Fsp3) is 0.583. The number of carbonyl (C=O) groups excluding carboxylic acids is 1. The van der Waals surface area contributed by atoms with Gasteiger partial charge in [-0.2, -0.15) is 11.3 Å². The maximum atomic E-state index is 12.2. The van der Waals surface area contributed by atoms with Crippen molar-refractivity contribution >= 4 is 33.0 Å². The van der Waals surface area contributed by atoms with Crippen LogP contribution in [0, 0.1) is 17.8 Å². The van der Waals surface area contributed by atoms with Gasteiger partial charge >= 0.3 is 0 Å². The van der Waals surface area contributed by atoms with Crippen LogP contribution in [0.15, 0.2) is 15.2 Å². The number of halogens is 1. The summed E-state index contributed by atoms with van der Waals surface area (Å²) in [6.07, 6.45) is 5.22. The fourth-order valence-electron chi connectivity index (χ4n) is 3.02. The van der Waals surface area contributed by atoms with Gasteiger partial charge in [-0.3, -0.25) is 4.79 Å². The van der Waals surface area contributed by atoms with Crippen LogP contribution in [0.5, 0.6) is 0 Å². The van der Waals surface area contributed by atoms with Gasteiger partial charge in [-0.1, -0.05) is 12.8 Å². The Balaban J connectivity index is 1.79. The van der Waals surface area contributed by atoms with E-state index in [4.69, 9.17) is 0 Å². The highest BCUT2D eigenvalue weighted by Crippen LogP contribution is 2.56. The Morgan fingerprint density at radius 3 is 2.47 bits per heavy atom. The molecule has 0 saturated heterocycles. The lowest BCUT2D eigenvalue weighted by Crippen LogP contribution is -2.03. The van der Waals surface area contributed by atoms with Crippen molar-refractivity contribution in [1.82, 2.24) is 0 Å². The van der Waals surface area contributed by atoms with Crippen molar-refractivity contribution in [2.45, 2.75) is 25.7 Å². The molecule has 0 aliphatic heterocycles. The van der Waals surface area contributed by atoms with Crippen molar-refractivity contribution in [1.29, 1.82) is 0 Å². The molecule has 3 heteroatoms. The van der Waals surface area contributed by atoms with E-state index >= 15 is 0 Å². The first-order valence-electron chi connectivity index (χ1n) is 5.55. The highest BCUT2D eigenvalue weighted by molar-refractivity contribution is 9.10. The van der Waals surface area contributed by atoms with E-state index in [0.717, 1.165) is 21.9 Å². The maximum Gasteiger partial charge on any atom is 0.168 e. The van der Waals surface area contributed by atoms with Gasteiger partial charge in [-0.25, -0.2) is 0 Å². The van der Waals surface area contributed by atoms with Crippen LogP contribution in [0.2, 0.25) is 0 Å². The molecule has 1 aromatic heterocycles.